The highest BCUT2D eigenvalue weighted by Crippen LogP contribution is 2.21. The van der Waals surface area contributed by atoms with Crippen molar-refractivity contribution in [3.05, 3.63) is 18.5 Å². The molecule has 1 aliphatic rings. The summed E-state index contributed by atoms with van der Waals surface area (Å²) in [5, 5.41) is 0. The van der Waals surface area contributed by atoms with Gasteiger partial charge in [-0.15, -0.1) is 0 Å². The number of aromatic nitrogens is 2. The largest absolute Gasteiger partial charge is 0.341 e. The average Bonchev–Trinajstić information content (AvgIpc) is 2.81. The zero-order chi connectivity index (χ0) is 11.1. The summed E-state index contributed by atoms with van der Waals surface area (Å²) in [4.78, 5) is 10.8. The molecule has 84 valence electrons. The summed E-state index contributed by atoms with van der Waals surface area (Å²) >= 11 is 0. The van der Waals surface area contributed by atoms with Crippen molar-refractivity contribution < 1.29 is 0 Å². The van der Waals surface area contributed by atoms with Crippen LogP contribution in [-0.4, -0.2) is 23.1 Å². The van der Waals surface area contributed by atoms with Crippen LogP contribution in [0.5, 0.6) is 0 Å². The SMILES string of the molecule is CC.CCC1CCN(c2ncccn2)C1. The van der Waals surface area contributed by atoms with Crippen LogP contribution in [0.15, 0.2) is 18.5 Å². The Hall–Kier alpha value is -1.12. The van der Waals surface area contributed by atoms with Crippen molar-refractivity contribution in [2.75, 3.05) is 18.0 Å². The monoisotopic (exact) mass is 207 g/mol. The van der Waals surface area contributed by atoms with Crippen molar-refractivity contribution in [1.29, 1.82) is 0 Å². The third-order valence-corrected chi connectivity index (χ3v) is 2.70. The van der Waals surface area contributed by atoms with Crippen molar-refractivity contribution in [2.24, 2.45) is 5.92 Å². The highest BCUT2D eigenvalue weighted by atomic mass is 15.3. The molecule has 1 saturated heterocycles. The summed E-state index contributed by atoms with van der Waals surface area (Å²) in [6, 6.07) is 1.86. The number of hydrogen-bond acceptors (Lipinski definition) is 3. The van der Waals surface area contributed by atoms with Crippen LogP contribution < -0.4 is 4.90 Å². The first-order valence-corrected chi connectivity index (χ1v) is 5.92. The van der Waals surface area contributed by atoms with Gasteiger partial charge < -0.3 is 4.90 Å². The molecule has 1 aromatic rings. The molecule has 0 N–H and O–H groups in total. The van der Waals surface area contributed by atoms with Gasteiger partial charge in [-0.05, 0) is 18.4 Å². The van der Waals surface area contributed by atoms with E-state index in [4.69, 9.17) is 0 Å². The van der Waals surface area contributed by atoms with Crippen LogP contribution in [0.3, 0.4) is 0 Å². The lowest BCUT2D eigenvalue weighted by Crippen LogP contribution is -2.21. The first-order valence-electron chi connectivity index (χ1n) is 5.92. The van der Waals surface area contributed by atoms with Crippen LogP contribution in [0.2, 0.25) is 0 Å². The lowest BCUT2D eigenvalue weighted by molar-refractivity contribution is 0.568. The van der Waals surface area contributed by atoms with E-state index in [9.17, 15) is 0 Å². The topological polar surface area (TPSA) is 29.0 Å². The minimum absolute atomic E-state index is 0.837. The highest BCUT2D eigenvalue weighted by Gasteiger charge is 2.22. The minimum atomic E-state index is 0.837. The molecule has 1 aromatic heterocycles. The molecule has 1 aliphatic heterocycles. The normalized spacial score (nSPS) is 19.7. The molecule has 1 atom stereocenters. The van der Waals surface area contributed by atoms with Gasteiger partial charge in [-0.1, -0.05) is 27.2 Å². The molecule has 0 amide bonds. The lowest BCUT2D eigenvalue weighted by atomic mass is 10.1. The zero-order valence-electron chi connectivity index (χ0n) is 9.98. The average molecular weight is 207 g/mol. The molecule has 0 spiro atoms. The van der Waals surface area contributed by atoms with Gasteiger partial charge in [-0.2, -0.15) is 0 Å². The summed E-state index contributed by atoms with van der Waals surface area (Å²) in [5.41, 5.74) is 0. The van der Waals surface area contributed by atoms with E-state index in [2.05, 4.69) is 21.8 Å². The van der Waals surface area contributed by atoms with Crippen LogP contribution in [0.1, 0.15) is 33.6 Å². The first kappa shape index (κ1) is 12.0. The van der Waals surface area contributed by atoms with E-state index >= 15 is 0 Å². The molecule has 2 heterocycles. The molecule has 15 heavy (non-hydrogen) atoms. The standard InChI is InChI=1S/C10H15N3.C2H6/c1-2-9-4-7-13(8-9)10-11-5-3-6-12-10;1-2/h3,5-6,9H,2,4,7-8H2,1H3;1-2H3. The summed E-state index contributed by atoms with van der Waals surface area (Å²) in [7, 11) is 0. The van der Waals surface area contributed by atoms with Crippen LogP contribution in [0.25, 0.3) is 0 Å². The number of rotatable bonds is 2. The number of anilines is 1. The van der Waals surface area contributed by atoms with Gasteiger partial charge >= 0.3 is 0 Å². The fraction of sp³-hybridized carbons (Fsp3) is 0.667. The Balaban J connectivity index is 0.000000531. The van der Waals surface area contributed by atoms with Crippen molar-refractivity contribution in [2.45, 2.75) is 33.6 Å². The maximum Gasteiger partial charge on any atom is 0.225 e. The fourth-order valence-corrected chi connectivity index (χ4v) is 1.80. The fourth-order valence-electron chi connectivity index (χ4n) is 1.80. The summed E-state index contributed by atoms with van der Waals surface area (Å²) < 4.78 is 0. The quantitative estimate of drug-likeness (QED) is 0.746. The maximum absolute atomic E-state index is 4.24. The highest BCUT2D eigenvalue weighted by molar-refractivity contribution is 5.30. The molecule has 3 nitrogen and oxygen atoms in total. The molecule has 0 bridgehead atoms. The van der Waals surface area contributed by atoms with E-state index in [-0.39, 0.29) is 0 Å². The smallest absolute Gasteiger partial charge is 0.225 e. The van der Waals surface area contributed by atoms with Gasteiger partial charge in [0.25, 0.3) is 0 Å². The minimum Gasteiger partial charge on any atom is -0.341 e. The third kappa shape index (κ3) is 3.18. The van der Waals surface area contributed by atoms with Crippen LogP contribution in [-0.2, 0) is 0 Å². The van der Waals surface area contributed by atoms with E-state index in [1.54, 1.807) is 0 Å². The second-order valence-corrected chi connectivity index (χ2v) is 3.56. The van der Waals surface area contributed by atoms with Gasteiger partial charge in [0, 0.05) is 25.5 Å². The molecule has 0 saturated carbocycles. The van der Waals surface area contributed by atoms with Crippen molar-refractivity contribution in [3.8, 4) is 0 Å². The van der Waals surface area contributed by atoms with Crippen molar-refractivity contribution >= 4 is 5.95 Å². The Kier molecular flexibility index (Phi) is 5.08. The molecular formula is C12H21N3. The summed E-state index contributed by atoms with van der Waals surface area (Å²) in [6.07, 6.45) is 6.17. The van der Waals surface area contributed by atoms with E-state index in [1.165, 1.54) is 12.8 Å². The van der Waals surface area contributed by atoms with Crippen molar-refractivity contribution in [3.63, 3.8) is 0 Å². The molecule has 0 aromatic carbocycles. The van der Waals surface area contributed by atoms with Gasteiger partial charge in [0.05, 0.1) is 0 Å². The molecule has 2 rings (SSSR count). The van der Waals surface area contributed by atoms with Crippen LogP contribution in [0.4, 0.5) is 5.95 Å². The first-order chi connectivity index (χ1) is 7.40. The summed E-state index contributed by atoms with van der Waals surface area (Å²) in [6.45, 7) is 8.49. The van der Waals surface area contributed by atoms with E-state index in [1.807, 2.05) is 32.3 Å². The lowest BCUT2D eigenvalue weighted by Gasteiger charge is -2.14. The second kappa shape index (κ2) is 6.38. The second-order valence-electron chi connectivity index (χ2n) is 3.56. The molecule has 0 aliphatic carbocycles. The van der Waals surface area contributed by atoms with E-state index in [0.29, 0.717) is 0 Å². The van der Waals surface area contributed by atoms with Crippen LogP contribution in [0, 0.1) is 5.92 Å². The van der Waals surface area contributed by atoms with Gasteiger partial charge in [0.15, 0.2) is 0 Å². The van der Waals surface area contributed by atoms with Gasteiger partial charge in [0.1, 0.15) is 0 Å². The summed E-state index contributed by atoms with van der Waals surface area (Å²) in [5.74, 6) is 1.72. The van der Waals surface area contributed by atoms with Gasteiger partial charge in [-0.3, -0.25) is 0 Å². The predicted octanol–water partition coefficient (Wildman–Crippen LogP) is 2.74. The van der Waals surface area contributed by atoms with Gasteiger partial charge in [-0.25, -0.2) is 9.97 Å². The Labute approximate surface area is 92.6 Å². The Morgan fingerprint density at radius 3 is 2.53 bits per heavy atom. The number of nitrogens with zero attached hydrogens (tertiary/aromatic N) is 3. The van der Waals surface area contributed by atoms with E-state index < -0.39 is 0 Å². The molecule has 3 heteroatoms. The number of hydrogen-bond donors (Lipinski definition) is 0. The molecular weight excluding hydrogens is 186 g/mol. The molecule has 1 unspecified atom stereocenters. The predicted molar refractivity (Wildman–Crippen MR) is 64.0 cm³/mol. The maximum atomic E-state index is 4.24. The zero-order valence-corrected chi connectivity index (χ0v) is 9.98. The van der Waals surface area contributed by atoms with Crippen LogP contribution >= 0.6 is 0 Å². The molecule has 0 radical (unpaired) electrons. The molecule has 1 fully saturated rings. The Bertz CT molecular complexity index is 261. The Morgan fingerprint density at radius 2 is 2.00 bits per heavy atom. The van der Waals surface area contributed by atoms with Gasteiger partial charge in [0.2, 0.25) is 5.95 Å². The Morgan fingerprint density at radius 1 is 1.33 bits per heavy atom. The third-order valence-electron chi connectivity index (χ3n) is 2.70. The van der Waals surface area contributed by atoms with Crippen molar-refractivity contribution in [1.82, 2.24) is 9.97 Å². The van der Waals surface area contributed by atoms with E-state index in [0.717, 1.165) is 25.0 Å².